The third-order valence-electron chi connectivity index (χ3n) is 2.52. The lowest BCUT2D eigenvalue weighted by atomic mass is 9.76. The molecule has 0 radical (unpaired) electrons. The molecule has 0 spiro atoms. The minimum absolute atomic E-state index is 0.567. The maximum Gasteiger partial charge on any atom is 0.451 e. The zero-order valence-electron chi connectivity index (χ0n) is 7.00. The molecule has 0 aromatic rings. The van der Waals surface area contributed by atoms with Crippen LogP contribution in [0.1, 0.15) is 38.5 Å². The molecule has 0 aromatic carbocycles. The third kappa shape index (κ3) is 3.78. The summed E-state index contributed by atoms with van der Waals surface area (Å²) < 4.78 is 0. The molecular formula is C8H17BO2. The molecule has 1 aliphatic carbocycles. The van der Waals surface area contributed by atoms with Crippen LogP contribution in [0.5, 0.6) is 0 Å². The van der Waals surface area contributed by atoms with E-state index >= 15 is 0 Å². The quantitative estimate of drug-likeness (QED) is 0.469. The van der Waals surface area contributed by atoms with Crippen molar-refractivity contribution in [2.45, 2.75) is 44.8 Å². The van der Waals surface area contributed by atoms with E-state index in [1.165, 1.54) is 38.5 Å². The van der Waals surface area contributed by atoms with Crippen molar-refractivity contribution in [3.63, 3.8) is 0 Å². The van der Waals surface area contributed by atoms with Gasteiger partial charge in [0.2, 0.25) is 0 Å². The molecule has 0 aliphatic heterocycles. The maximum absolute atomic E-state index is 8.75. The van der Waals surface area contributed by atoms with Crippen LogP contribution in [0, 0.1) is 5.92 Å². The molecule has 1 saturated carbocycles. The highest BCUT2D eigenvalue weighted by Crippen LogP contribution is 2.25. The first kappa shape index (κ1) is 9.08. The van der Waals surface area contributed by atoms with E-state index in [1.807, 2.05) is 0 Å². The van der Waals surface area contributed by atoms with E-state index in [2.05, 4.69) is 0 Å². The Morgan fingerprint density at radius 3 is 2.00 bits per heavy atom. The average molecular weight is 156 g/mol. The van der Waals surface area contributed by atoms with Crippen LogP contribution in [-0.2, 0) is 0 Å². The van der Waals surface area contributed by atoms with Gasteiger partial charge in [-0.1, -0.05) is 38.5 Å². The zero-order chi connectivity index (χ0) is 8.10. The van der Waals surface area contributed by atoms with E-state index in [-0.39, 0.29) is 0 Å². The Morgan fingerprint density at radius 1 is 1.00 bits per heavy atom. The molecule has 0 unspecified atom stereocenters. The van der Waals surface area contributed by atoms with Crippen LogP contribution >= 0.6 is 0 Å². The Balaban J connectivity index is 2.20. The van der Waals surface area contributed by atoms with E-state index in [9.17, 15) is 0 Å². The van der Waals surface area contributed by atoms with Crippen LogP contribution < -0.4 is 0 Å². The predicted molar refractivity (Wildman–Crippen MR) is 46.2 cm³/mol. The molecule has 0 amide bonds. The molecule has 11 heavy (non-hydrogen) atoms. The molecule has 0 heterocycles. The van der Waals surface area contributed by atoms with Crippen molar-refractivity contribution < 1.29 is 10.0 Å². The van der Waals surface area contributed by atoms with E-state index in [0.29, 0.717) is 12.2 Å². The van der Waals surface area contributed by atoms with Crippen LogP contribution in [0.2, 0.25) is 6.32 Å². The van der Waals surface area contributed by atoms with Gasteiger partial charge in [-0.2, -0.15) is 0 Å². The Kier molecular flexibility index (Phi) is 3.94. The lowest BCUT2D eigenvalue weighted by Gasteiger charge is -2.11. The first-order valence-corrected chi connectivity index (χ1v) is 4.65. The first-order valence-electron chi connectivity index (χ1n) is 4.65. The standard InChI is InChI=1S/C8H17BO2/c10-9(11)7-8-5-3-1-2-4-6-8/h8,10-11H,1-7H2. The van der Waals surface area contributed by atoms with Gasteiger partial charge < -0.3 is 10.0 Å². The van der Waals surface area contributed by atoms with E-state index in [1.54, 1.807) is 0 Å². The highest BCUT2D eigenvalue weighted by atomic mass is 16.4. The van der Waals surface area contributed by atoms with Gasteiger partial charge in [0.25, 0.3) is 0 Å². The molecule has 0 aromatic heterocycles. The van der Waals surface area contributed by atoms with Crippen molar-refractivity contribution in [1.29, 1.82) is 0 Å². The van der Waals surface area contributed by atoms with Crippen LogP contribution in [0.3, 0.4) is 0 Å². The molecule has 1 rings (SSSR count). The summed E-state index contributed by atoms with van der Waals surface area (Å²) in [4.78, 5) is 0. The summed E-state index contributed by atoms with van der Waals surface area (Å²) in [7, 11) is -1.09. The molecule has 0 atom stereocenters. The summed E-state index contributed by atoms with van der Waals surface area (Å²) >= 11 is 0. The van der Waals surface area contributed by atoms with Crippen molar-refractivity contribution in [3.05, 3.63) is 0 Å². The van der Waals surface area contributed by atoms with Gasteiger partial charge in [-0.15, -0.1) is 0 Å². The first-order chi connectivity index (χ1) is 5.29. The molecule has 1 aliphatic rings. The zero-order valence-corrected chi connectivity index (χ0v) is 7.00. The summed E-state index contributed by atoms with van der Waals surface area (Å²) in [5.74, 6) is 0.567. The van der Waals surface area contributed by atoms with Crippen molar-refractivity contribution in [2.75, 3.05) is 0 Å². The fraction of sp³-hybridized carbons (Fsp3) is 1.00. The van der Waals surface area contributed by atoms with Crippen LogP contribution in [-0.4, -0.2) is 17.2 Å². The van der Waals surface area contributed by atoms with Crippen molar-refractivity contribution in [1.82, 2.24) is 0 Å². The Bertz CT molecular complexity index is 98.3. The predicted octanol–water partition coefficient (Wildman–Crippen LogP) is 1.43. The highest BCUT2D eigenvalue weighted by molar-refractivity contribution is 6.41. The number of rotatable bonds is 2. The van der Waals surface area contributed by atoms with Gasteiger partial charge in [0.15, 0.2) is 0 Å². The number of hydrogen-bond donors (Lipinski definition) is 2. The second-order valence-corrected chi connectivity index (χ2v) is 3.57. The molecule has 2 nitrogen and oxygen atoms in total. The van der Waals surface area contributed by atoms with E-state index < -0.39 is 7.12 Å². The van der Waals surface area contributed by atoms with Crippen LogP contribution in [0.25, 0.3) is 0 Å². The minimum Gasteiger partial charge on any atom is -0.427 e. The van der Waals surface area contributed by atoms with Crippen LogP contribution in [0.4, 0.5) is 0 Å². The second-order valence-electron chi connectivity index (χ2n) is 3.57. The fourth-order valence-corrected chi connectivity index (χ4v) is 1.90. The summed E-state index contributed by atoms with van der Waals surface area (Å²) in [5, 5.41) is 17.5. The summed E-state index contributed by atoms with van der Waals surface area (Å²) in [6.45, 7) is 0. The fourth-order valence-electron chi connectivity index (χ4n) is 1.90. The molecule has 2 N–H and O–H groups in total. The summed E-state index contributed by atoms with van der Waals surface area (Å²) in [5.41, 5.74) is 0. The van der Waals surface area contributed by atoms with Crippen molar-refractivity contribution >= 4 is 7.12 Å². The largest absolute Gasteiger partial charge is 0.451 e. The molecule has 0 bridgehead atoms. The van der Waals surface area contributed by atoms with Gasteiger partial charge >= 0.3 is 7.12 Å². The maximum atomic E-state index is 8.75. The molecule has 3 heteroatoms. The van der Waals surface area contributed by atoms with Gasteiger partial charge in [-0.3, -0.25) is 0 Å². The third-order valence-corrected chi connectivity index (χ3v) is 2.52. The molecule has 0 saturated heterocycles. The van der Waals surface area contributed by atoms with Crippen LogP contribution in [0.15, 0.2) is 0 Å². The Labute approximate surface area is 68.8 Å². The Hall–Kier alpha value is -0.0151. The van der Waals surface area contributed by atoms with E-state index in [4.69, 9.17) is 10.0 Å². The second kappa shape index (κ2) is 4.78. The SMILES string of the molecule is OB(O)CC1CCCCCC1. The van der Waals surface area contributed by atoms with E-state index in [0.717, 1.165) is 0 Å². The van der Waals surface area contributed by atoms with Crippen molar-refractivity contribution in [3.8, 4) is 0 Å². The summed E-state index contributed by atoms with van der Waals surface area (Å²) in [6, 6.07) is 0. The van der Waals surface area contributed by atoms with Gasteiger partial charge in [0.1, 0.15) is 0 Å². The monoisotopic (exact) mass is 156 g/mol. The normalized spacial score (nSPS) is 21.3. The smallest absolute Gasteiger partial charge is 0.427 e. The lowest BCUT2D eigenvalue weighted by Crippen LogP contribution is -2.16. The molecule has 1 fully saturated rings. The van der Waals surface area contributed by atoms with Gasteiger partial charge in [0, 0.05) is 0 Å². The van der Waals surface area contributed by atoms with Crippen molar-refractivity contribution in [2.24, 2.45) is 5.92 Å². The lowest BCUT2D eigenvalue weighted by molar-refractivity contribution is 0.374. The minimum atomic E-state index is -1.09. The summed E-state index contributed by atoms with van der Waals surface area (Å²) in [6.07, 6.45) is 8.18. The number of hydrogen-bond acceptors (Lipinski definition) is 2. The molecular weight excluding hydrogens is 139 g/mol. The van der Waals surface area contributed by atoms with Gasteiger partial charge in [0.05, 0.1) is 0 Å². The van der Waals surface area contributed by atoms with Gasteiger partial charge in [-0.05, 0) is 12.2 Å². The Morgan fingerprint density at radius 2 is 1.55 bits per heavy atom. The molecule has 64 valence electrons. The highest BCUT2D eigenvalue weighted by Gasteiger charge is 2.18. The topological polar surface area (TPSA) is 40.5 Å². The van der Waals surface area contributed by atoms with Gasteiger partial charge in [-0.25, -0.2) is 0 Å². The average Bonchev–Trinajstić information content (AvgIpc) is 2.14.